The van der Waals surface area contributed by atoms with Gasteiger partial charge in [0.1, 0.15) is 165 Å². The van der Waals surface area contributed by atoms with E-state index in [0.717, 1.165) is 0 Å². The maximum absolute atomic E-state index is 11.4. The molecule has 0 saturated carbocycles. The van der Waals surface area contributed by atoms with Gasteiger partial charge in [0, 0.05) is 4.43 Å². The van der Waals surface area contributed by atoms with E-state index >= 15 is 0 Å². The number of hydrogen-bond donors (Lipinski definition) is 20. The molecule has 21 aliphatic heterocycles. The average molecular weight is 1240 g/mol. The SMILES string of the molecule is OC[C@H]1O[C@@H]2O[C@H]3[C@H](O)[C@@H](O)[C@@H](O[C@H]4[C@H](O)[C@@H](O)[C@@H](O[C@H]5[C@H](O)[C@@H](O)[C@@H](O[C@H]6[C@H](O)[C@@H](O)[C@@H](O[C@H]7[C@@H](O)[C@H](O)[C@@H](O[C@H]8[C@@H](O)[C@H](O)[C@@H](O[C@H]1[C@H](O)[C@H]2O)O[C@@H]8CO)O[C@@H]7CO)O[C@@H]6CI)O[C@@H]5CO)O[C@@H]4CO)O[C@@H]3CO. The second-order valence-corrected chi connectivity index (χ2v) is 20.5. The fraction of sp³-hybridized carbons (Fsp3) is 1.00. The van der Waals surface area contributed by atoms with Crippen LogP contribution in [0, 0.1) is 0 Å². The Hall–Kier alpha value is -0.630. The van der Waals surface area contributed by atoms with Gasteiger partial charge in [-0.3, -0.25) is 0 Å². The van der Waals surface area contributed by atoms with E-state index in [-0.39, 0.29) is 4.43 Å². The van der Waals surface area contributed by atoms with Crippen LogP contribution in [0.5, 0.6) is 0 Å². The summed E-state index contributed by atoms with van der Waals surface area (Å²) in [5.41, 5.74) is 0. The maximum atomic E-state index is 11.4. The molecule has 0 aromatic rings. The van der Waals surface area contributed by atoms with Gasteiger partial charge in [0.2, 0.25) is 0 Å². The van der Waals surface area contributed by atoms with Crippen LogP contribution >= 0.6 is 22.6 Å². The summed E-state index contributed by atoms with van der Waals surface area (Å²) in [7, 11) is 0. The van der Waals surface area contributed by atoms with Gasteiger partial charge in [-0.1, -0.05) is 22.6 Å². The van der Waals surface area contributed by atoms with Crippen molar-refractivity contribution in [3.8, 4) is 0 Å². The molecule has 0 radical (unpaired) electrons. The molecule has 0 aromatic carbocycles. The Bertz CT molecular complexity index is 1470. The summed E-state index contributed by atoms with van der Waals surface area (Å²) in [5, 5.41) is 221. The molecule has 0 aromatic heterocycles. The first kappa shape index (κ1) is 62.4. The number of aliphatic hydroxyl groups excluding tert-OH is 20. The van der Waals surface area contributed by atoms with Crippen LogP contribution in [-0.2, 0) is 66.3 Å². The van der Waals surface area contributed by atoms with E-state index in [0.29, 0.717) is 0 Å². The molecule has 21 fully saturated rings. The number of ether oxygens (including phenoxy) is 14. The topological polar surface area (TPSA) is 534 Å². The van der Waals surface area contributed by atoms with Crippen molar-refractivity contribution < 1.29 is 168 Å². The van der Waals surface area contributed by atoms with Crippen LogP contribution in [-0.4, -0.2) is 361 Å². The normalized spacial score (nSPS) is 55.4. The van der Waals surface area contributed by atoms with Gasteiger partial charge in [-0.15, -0.1) is 0 Å². The first-order valence-corrected chi connectivity index (χ1v) is 26.1. The largest absolute Gasteiger partial charge is 0.394 e. The van der Waals surface area contributed by atoms with Crippen LogP contribution in [0.25, 0.3) is 0 Å². The van der Waals surface area contributed by atoms with Crippen molar-refractivity contribution in [3.05, 3.63) is 0 Å². The van der Waals surface area contributed by atoms with Gasteiger partial charge in [-0.25, -0.2) is 0 Å². The number of rotatable bonds is 7. The predicted octanol–water partition coefficient (Wildman–Crippen LogP) is -13.8. The molecule has 35 atom stereocenters. The Labute approximate surface area is 448 Å². The summed E-state index contributed by atoms with van der Waals surface area (Å²) in [6.45, 7) is -6.12. The summed E-state index contributed by atoms with van der Waals surface area (Å²) >= 11 is 1.80. The predicted molar refractivity (Wildman–Crippen MR) is 240 cm³/mol. The zero-order chi connectivity index (χ0) is 56.1. The van der Waals surface area contributed by atoms with Crippen molar-refractivity contribution >= 4 is 22.6 Å². The zero-order valence-electron chi connectivity index (χ0n) is 40.2. The summed E-state index contributed by atoms with van der Waals surface area (Å²) in [4.78, 5) is 0. The Kier molecular flexibility index (Phi) is 21.5. The fourth-order valence-electron chi connectivity index (χ4n) is 10.4. The highest BCUT2D eigenvalue weighted by atomic mass is 127. The third-order valence-corrected chi connectivity index (χ3v) is 15.6. The minimum Gasteiger partial charge on any atom is -0.394 e. The van der Waals surface area contributed by atoms with E-state index in [1.54, 1.807) is 22.6 Å². The smallest absolute Gasteiger partial charge is 0.187 e. The van der Waals surface area contributed by atoms with Crippen molar-refractivity contribution in [1.82, 2.24) is 0 Å². The molecule has 20 N–H and O–H groups in total. The van der Waals surface area contributed by atoms with Gasteiger partial charge in [0.25, 0.3) is 0 Å². The quantitative estimate of drug-likeness (QED) is 0.0831. The highest BCUT2D eigenvalue weighted by molar-refractivity contribution is 14.1. The maximum Gasteiger partial charge on any atom is 0.187 e. The Morgan fingerprint density at radius 3 is 0.455 bits per heavy atom. The monoisotopic (exact) mass is 1240 g/mol. The minimum absolute atomic E-state index is 0.0768. The van der Waals surface area contributed by atoms with Gasteiger partial charge in [0.05, 0.1) is 45.7 Å². The molecule has 21 saturated heterocycles. The van der Waals surface area contributed by atoms with E-state index in [4.69, 9.17) is 66.3 Å². The Morgan fingerprint density at radius 2 is 0.325 bits per heavy atom. The summed E-state index contributed by atoms with van der Waals surface area (Å²) in [6.07, 6.45) is -68.2. The lowest BCUT2D eigenvalue weighted by atomic mass is 9.95. The van der Waals surface area contributed by atoms with Crippen LogP contribution in [0.3, 0.4) is 0 Å². The van der Waals surface area contributed by atoms with E-state index in [1.807, 2.05) is 0 Å². The van der Waals surface area contributed by atoms with Crippen molar-refractivity contribution in [2.24, 2.45) is 0 Å². The summed E-state index contributed by atoms with van der Waals surface area (Å²) in [6, 6.07) is 0. The second kappa shape index (κ2) is 26.5. The molecule has 21 rings (SSSR count). The van der Waals surface area contributed by atoms with Gasteiger partial charge in [-0.2, -0.15) is 0 Å². The molecule has 0 amide bonds. The molecule has 21 heterocycles. The molecule has 0 spiro atoms. The average Bonchev–Trinajstić information content (AvgIpc) is 3.45. The first-order valence-electron chi connectivity index (χ1n) is 24.6. The molecule has 0 unspecified atom stereocenters. The lowest BCUT2D eigenvalue weighted by Gasteiger charge is -2.50. The summed E-state index contributed by atoms with van der Waals surface area (Å²) in [5.74, 6) is 0. The molecule has 34 nitrogen and oxygen atoms in total. The lowest BCUT2D eigenvalue weighted by Crippen LogP contribution is -2.68. The Balaban J connectivity index is 1.08. The highest BCUT2D eigenvalue weighted by Crippen LogP contribution is 2.39. The number of alkyl halides is 1. The zero-order valence-corrected chi connectivity index (χ0v) is 42.4. The molecule has 21 aliphatic rings. The Morgan fingerprint density at radius 1 is 0.195 bits per heavy atom. The van der Waals surface area contributed by atoms with Crippen LogP contribution in [0.2, 0.25) is 0 Å². The molecule has 0 aliphatic carbocycles. The van der Waals surface area contributed by atoms with E-state index in [2.05, 4.69) is 0 Å². The first-order chi connectivity index (χ1) is 36.7. The van der Waals surface area contributed by atoms with Gasteiger partial charge >= 0.3 is 0 Å². The van der Waals surface area contributed by atoms with Crippen LogP contribution in [0.15, 0.2) is 0 Å². The molecule has 77 heavy (non-hydrogen) atoms. The van der Waals surface area contributed by atoms with Crippen LogP contribution < -0.4 is 0 Å². The van der Waals surface area contributed by atoms with Gasteiger partial charge in [0.15, 0.2) is 44.0 Å². The third-order valence-electron chi connectivity index (χ3n) is 14.8. The van der Waals surface area contributed by atoms with Crippen molar-refractivity contribution in [3.63, 3.8) is 0 Å². The standard InChI is InChI=1S/C42H69IO34/c43-1-8-29-15(50)22(57)36(64-8)72-30-9(2-44)66-38(24(59)17(30)52)74-32-11(4-46)68-40(26(61)19(32)54)76-34-13(6-48)70-42(28(63)21(34)56)77-35-14(7-49)69-41(27(62)20(35)55)75-33-12(5-47)67-39(25(60)18(33)53)73-31-10(3-45)65-37(71-29)23(58)16(31)51/h8-42,44-63H,1-7H2/t8-,9-,10-,11-,12-,13-,14-,15-,16-,17+,18-,19+,20-,21-,22-,23-,24+,25-,26+,27-,28-,29-,30-,31-,32-,33-,34-,35-,36-,37-,38-,39-,40-,41-,42-/m1/s1. The number of aliphatic hydroxyl groups is 20. The minimum atomic E-state index is -2.20. The van der Waals surface area contributed by atoms with Gasteiger partial charge < -0.3 is 168 Å². The van der Waals surface area contributed by atoms with E-state index in [9.17, 15) is 102 Å². The van der Waals surface area contributed by atoms with Gasteiger partial charge in [-0.05, 0) is 0 Å². The second-order valence-electron chi connectivity index (χ2n) is 19.6. The van der Waals surface area contributed by atoms with Crippen LogP contribution in [0.4, 0.5) is 0 Å². The van der Waals surface area contributed by atoms with E-state index < -0.39 is 255 Å². The van der Waals surface area contributed by atoms with E-state index in [1.165, 1.54) is 0 Å². The lowest BCUT2D eigenvalue weighted by molar-refractivity contribution is -0.396. The number of hydrogen-bond acceptors (Lipinski definition) is 34. The van der Waals surface area contributed by atoms with Crippen LogP contribution in [0.1, 0.15) is 0 Å². The molecule has 14 bridgehead atoms. The van der Waals surface area contributed by atoms with Crippen molar-refractivity contribution in [2.45, 2.75) is 215 Å². The highest BCUT2D eigenvalue weighted by Gasteiger charge is 2.59. The molecule has 35 heteroatoms. The summed E-state index contributed by atoms with van der Waals surface area (Å²) < 4.78 is 80.2. The van der Waals surface area contributed by atoms with Crippen molar-refractivity contribution in [1.29, 1.82) is 0 Å². The molecular weight excluding hydrogens is 1180 g/mol. The fourth-order valence-corrected chi connectivity index (χ4v) is 11.1. The van der Waals surface area contributed by atoms with Crippen molar-refractivity contribution in [2.75, 3.05) is 44.1 Å². The third kappa shape index (κ3) is 12.3. The molecule has 448 valence electrons. The molecular formula is C42H69IO34. The number of halogens is 1.